The molecule has 0 aliphatic heterocycles. The van der Waals surface area contributed by atoms with Gasteiger partial charge in [0.1, 0.15) is 0 Å². The van der Waals surface area contributed by atoms with E-state index in [0.29, 0.717) is 0 Å². The number of nitrogens with zero attached hydrogens (tertiary/aromatic N) is 1. The highest BCUT2D eigenvalue weighted by molar-refractivity contribution is 5.82. The van der Waals surface area contributed by atoms with Crippen molar-refractivity contribution < 1.29 is 5.11 Å². The summed E-state index contributed by atoms with van der Waals surface area (Å²) < 4.78 is 0. The summed E-state index contributed by atoms with van der Waals surface area (Å²) in [5, 5.41) is 14.2. The number of anilines is 1. The minimum absolute atomic E-state index is 0.585. The van der Waals surface area contributed by atoms with Crippen LogP contribution in [0.15, 0.2) is 30.3 Å². The molecule has 0 amide bonds. The summed E-state index contributed by atoms with van der Waals surface area (Å²) in [5.41, 5.74) is 2.54. The van der Waals surface area contributed by atoms with Crippen LogP contribution in [-0.4, -0.2) is 22.2 Å². The largest absolute Gasteiger partial charge is 0.390 e. The summed E-state index contributed by atoms with van der Waals surface area (Å²) in [6.45, 7) is 6.56. The first-order valence-electron chi connectivity index (χ1n) is 6.78. The lowest BCUT2D eigenvalue weighted by Gasteiger charge is -2.17. The Morgan fingerprint density at radius 1 is 1.26 bits per heavy atom. The number of rotatable bonds is 5. The number of hydrogen-bond acceptors (Lipinski definition) is 3. The maximum atomic E-state index is 9.67. The number of aromatic nitrogens is 1. The van der Waals surface area contributed by atoms with Crippen LogP contribution in [0.5, 0.6) is 0 Å². The molecule has 0 saturated heterocycles. The van der Waals surface area contributed by atoms with Crippen LogP contribution in [0.25, 0.3) is 10.9 Å². The first kappa shape index (κ1) is 13.8. The van der Waals surface area contributed by atoms with E-state index < -0.39 is 5.60 Å². The van der Waals surface area contributed by atoms with Crippen molar-refractivity contribution in [1.82, 2.24) is 4.98 Å². The van der Waals surface area contributed by atoms with Crippen LogP contribution < -0.4 is 5.32 Å². The number of pyridine rings is 1. The third kappa shape index (κ3) is 3.93. The molecule has 2 N–H and O–H groups in total. The highest BCUT2D eigenvalue weighted by atomic mass is 16.3. The van der Waals surface area contributed by atoms with Crippen LogP contribution in [0.2, 0.25) is 0 Å². The molecule has 3 heteroatoms. The smallest absolute Gasteiger partial charge is 0.0706 e. The standard InChI is InChI=1S/C16H22N2O/c1-12-15(17-10-6-9-16(2,3)19)11-13-7-4-5-8-14(13)18-12/h4-5,7-8,11,17,19H,6,9-10H2,1-3H3. The third-order valence-electron chi connectivity index (χ3n) is 3.20. The van der Waals surface area contributed by atoms with E-state index in [1.807, 2.05) is 39.0 Å². The molecule has 19 heavy (non-hydrogen) atoms. The van der Waals surface area contributed by atoms with Crippen molar-refractivity contribution >= 4 is 16.6 Å². The molecule has 0 aliphatic rings. The Hall–Kier alpha value is -1.61. The number of fused-ring (bicyclic) bond motifs is 1. The van der Waals surface area contributed by atoms with Crippen molar-refractivity contribution in [1.29, 1.82) is 0 Å². The second kappa shape index (κ2) is 5.57. The molecule has 1 heterocycles. The van der Waals surface area contributed by atoms with E-state index >= 15 is 0 Å². The molecule has 102 valence electrons. The molecule has 0 aliphatic carbocycles. The van der Waals surface area contributed by atoms with Crippen LogP contribution in [0.3, 0.4) is 0 Å². The van der Waals surface area contributed by atoms with E-state index in [-0.39, 0.29) is 0 Å². The van der Waals surface area contributed by atoms with Crippen molar-refractivity contribution in [2.24, 2.45) is 0 Å². The highest BCUT2D eigenvalue weighted by Gasteiger charge is 2.11. The highest BCUT2D eigenvalue weighted by Crippen LogP contribution is 2.20. The molecular weight excluding hydrogens is 236 g/mol. The number of benzene rings is 1. The van der Waals surface area contributed by atoms with Crippen LogP contribution in [0, 0.1) is 6.92 Å². The van der Waals surface area contributed by atoms with E-state index in [9.17, 15) is 5.11 Å². The monoisotopic (exact) mass is 258 g/mol. The predicted molar refractivity (Wildman–Crippen MR) is 80.5 cm³/mol. The fraction of sp³-hybridized carbons (Fsp3) is 0.438. The fourth-order valence-corrected chi connectivity index (χ4v) is 2.14. The van der Waals surface area contributed by atoms with E-state index in [2.05, 4.69) is 22.4 Å². The molecule has 3 nitrogen and oxygen atoms in total. The Kier molecular flexibility index (Phi) is 4.05. The summed E-state index contributed by atoms with van der Waals surface area (Å²) in [5.74, 6) is 0. The summed E-state index contributed by atoms with van der Waals surface area (Å²) in [7, 11) is 0. The molecule has 0 spiro atoms. The Bertz CT molecular complexity index is 558. The number of aliphatic hydroxyl groups is 1. The first-order valence-corrected chi connectivity index (χ1v) is 6.78. The number of hydrogen-bond donors (Lipinski definition) is 2. The SMILES string of the molecule is Cc1nc2ccccc2cc1NCCCC(C)(C)O. The van der Waals surface area contributed by atoms with Gasteiger partial charge in [0.2, 0.25) is 0 Å². The van der Waals surface area contributed by atoms with E-state index in [1.54, 1.807) is 0 Å². The van der Waals surface area contributed by atoms with Crippen molar-refractivity contribution in [2.45, 2.75) is 39.2 Å². The molecule has 0 atom stereocenters. The van der Waals surface area contributed by atoms with Gasteiger partial charge in [0.25, 0.3) is 0 Å². The molecular formula is C16H22N2O. The average Bonchev–Trinajstić information content (AvgIpc) is 2.33. The van der Waals surface area contributed by atoms with Crippen LogP contribution in [0.4, 0.5) is 5.69 Å². The Morgan fingerprint density at radius 3 is 2.74 bits per heavy atom. The molecule has 1 aromatic carbocycles. The van der Waals surface area contributed by atoms with Gasteiger partial charge in [0.15, 0.2) is 0 Å². The Balaban J connectivity index is 2.02. The number of para-hydroxylation sites is 1. The number of aryl methyl sites for hydroxylation is 1. The van der Waals surface area contributed by atoms with Gasteiger partial charge in [-0.3, -0.25) is 4.98 Å². The van der Waals surface area contributed by atoms with Crippen molar-refractivity contribution in [2.75, 3.05) is 11.9 Å². The second-order valence-electron chi connectivity index (χ2n) is 5.66. The molecule has 0 saturated carbocycles. The topological polar surface area (TPSA) is 45.2 Å². The molecule has 0 radical (unpaired) electrons. The van der Waals surface area contributed by atoms with Gasteiger partial charge in [-0.2, -0.15) is 0 Å². The van der Waals surface area contributed by atoms with Gasteiger partial charge in [-0.05, 0) is 45.7 Å². The van der Waals surface area contributed by atoms with Gasteiger partial charge in [-0.1, -0.05) is 18.2 Å². The van der Waals surface area contributed by atoms with E-state index in [0.717, 1.165) is 41.7 Å². The van der Waals surface area contributed by atoms with Gasteiger partial charge in [-0.15, -0.1) is 0 Å². The molecule has 2 aromatic rings. The Labute approximate surface area is 114 Å². The third-order valence-corrected chi connectivity index (χ3v) is 3.20. The van der Waals surface area contributed by atoms with Gasteiger partial charge in [0.05, 0.1) is 22.5 Å². The lowest BCUT2D eigenvalue weighted by molar-refractivity contribution is 0.0698. The first-order chi connectivity index (χ1) is 8.96. The zero-order valence-corrected chi connectivity index (χ0v) is 11.9. The minimum Gasteiger partial charge on any atom is -0.390 e. The number of nitrogens with one attached hydrogen (secondary N) is 1. The lowest BCUT2D eigenvalue weighted by Crippen LogP contribution is -2.19. The van der Waals surface area contributed by atoms with Crippen molar-refractivity contribution in [3.8, 4) is 0 Å². The molecule has 0 unspecified atom stereocenters. The zero-order valence-electron chi connectivity index (χ0n) is 11.9. The van der Waals surface area contributed by atoms with Crippen LogP contribution >= 0.6 is 0 Å². The van der Waals surface area contributed by atoms with Gasteiger partial charge in [0, 0.05) is 11.9 Å². The second-order valence-corrected chi connectivity index (χ2v) is 5.66. The maximum Gasteiger partial charge on any atom is 0.0706 e. The maximum absolute atomic E-state index is 9.67. The fourth-order valence-electron chi connectivity index (χ4n) is 2.14. The van der Waals surface area contributed by atoms with E-state index in [4.69, 9.17) is 0 Å². The summed E-state index contributed by atoms with van der Waals surface area (Å²) in [4.78, 5) is 4.59. The summed E-state index contributed by atoms with van der Waals surface area (Å²) >= 11 is 0. The quantitative estimate of drug-likeness (QED) is 0.807. The normalized spacial score (nSPS) is 11.8. The Morgan fingerprint density at radius 2 is 2.00 bits per heavy atom. The van der Waals surface area contributed by atoms with Gasteiger partial charge < -0.3 is 10.4 Å². The van der Waals surface area contributed by atoms with Gasteiger partial charge in [-0.25, -0.2) is 0 Å². The summed E-state index contributed by atoms with van der Waals surface area (Å²) in [6.07, 6.45) is 1.73. The minimum atomic E-state index is -0.585. The van der Waals surface area contributed by atoms with Crippen molar-refractivity contribution in [3.63, 3.8) is 0 Å². The van der Waals surface area contributed by atoms with E-state index in [1.165, 1.54) is 0 Å². The van der Waals surface area contributed by atoms with Crippen LogP contribution in [-0.2, 0) is 0 Å². The molecule has 0 bridgehead atoms. The molecule has 0 fully saturated rings. The van der Waals surface area contributed by atoms with Crippen LogP contribution in [0.1, 0.15) is 32.4 Å². The van der Waals surface area contributed by atoms with Crippen molar-refractivity contribution in [3.05, 3.63) is 36.0 Å². The molecule has 1 aromatic heterocycles. The summed E-state index contributed by atoms with van der Waals surface area (Å²) in [6, 6.07) is 10.3. The average molecular weight is 258 g/mol. The zero-order chi connectivity index (χ0) is 13.9. The van der Waals surface area contributed by atoms with Gasteiger partial charge >= 0.3 is 0 Å². The molecule has 2 rings (SSSR count). The lowest BCUT2D eigenvalue weighted by atomic mass is 10.0. The predicted octanol–water partition coefficient (Wildman–Crippen LogP) is 3.51.